The molecule has 0 atom stereocenters. The van der Waals surface area contributed by atoms with E-state index < -0.39 is 11.6 Å². The third kappa shape index (κ3) is 1.90. The van der Waals surface area contributed by atoms with E-state index in [1.54, 1.807) is 0 Å². The maximum absolute atomic E-state index is 12.9. The van der Waals surface area contributed by atoms with Gasteiger partial charge in [-0.05, 0) is 17.9 Å². The van der Waals surface area contributed by atoms with Gasteiger partial charge in [0.25, 0.3) is 0 Å². The number of halogens is 3. The van der Waals surface area contributed by atoms with Crippen molar-refractivity contribution < 1.29 is 8.78 Å². The zero-order valence-corrected chi connectivity index (χ0v) is 7.98. The van der Waals surface area contributed by atoms with Crippen molar-refractivity contribution in [3.8, 4) is 0 Å². The normalized spacial score (nSPS) is 10.3. The van der Waals surface area contributed by atoms with Gasteiger partial charge in [-0.15, -0.1) is 11.8 Å². The molecule has 0 radical (unpaired) electrons. The highest BCUT2D eigenvalue weighted by Gasteiger charge is 2.10. The molecule has 0 heterocycles. The number of thioether (sulfide) groups is 1. The van der Waals surface area contributed by atoms with E-state index in [1.807, 2.05) is 6.92 Å². The van der Waals surface area contributed by atoms with Crippen LogP contribution >= 0.6 is 23.4 Å². The molecule has 0 aromatic heterocycles. The van der Waals surface area contributed by atoms with Crippen LogP contribution in [-0.4, -0.2) is 5.75 Å². The maximum atomic E-state index is 12.9. The van der Waals surface area contributed by atoms with Gasteiger partial charge in [0, 0.05) is 0 Å². The molecule has 66 valence electrons. The van der Waals surface area contributed by atoms with Crippen molar-refractivity contribution in [3.05, 3.63) is 28.8 Å². The molecule has 0 aliphatic rings. The zero-order valence-electron chi connectivity index (χ0n) is 6.40. The van der Waals surface area contributed by atoms with Crippen LogP contribution in [0.1, 0.15) is 6.92 Å². The molecule has 4 heteroatoms. The second-order valence-corrected chi connectivity index (χ2v) is 3.76. The highest BCUT2D eigenvalue weighted by atomic mass is 35.5. The zero-order chi connectivity index (χ0) is 9.14. The third-order valence-corrected chi connectivity index (χ3v) is 2.75. The summed E-state index contributed by atoms with van der Waals surface area (Å²) in [4.78, 5) is 0.194. The van der Waals surface area contributed by atoms with Gasteiger partial charge < -0.3 is 0 Å². The van der Waals surface area contributed by atoms with Crippen LogP contribution in [0.4, 0.5) is 8.78 Å². The number of benzene rings is 1. The highest BCUT2D eigenvalue weighted by molar-refractivity contribution is 7.99. The molecular formula is C8H7ClF2S. The molecule has 1 aromatic rings. The molecule has 0 nitrogen and oxygen atoms in total. The topological polar surface area (TPSA) is 0 Å². The van der Waals surface area contributed by atoms with E-state index in [2.05, 4.69) is 0 Å². The van der Waals surface area contributed by atoms with E-state index >= 15 is 0 Å². The van der Waals surface area contributed by atoms with Crippen LogP contribution in [0.2, 0.25) is 5.02 Å². The monoisotopic (exact) mass is 208 g/mol. The van der Waals surface area contributed by atoms with Crippen molar-refractivity contribution in [3.63, 3.8) is 0 Å². The van der Waals surface area contributed by atoms with Gasteiger partial charge in [0.1, 0.15) is 11.6 Å². The second-order valence-electron chi connectivity index (χ2n) is 2.11. The largest absolute Gasteiger partial charge is 0.206 e. The van der Waals surface area contributed by atoms with Crippen LogP contribution in [0.5, 0.6) is 0 Å². The average molecular weight is 209 g/mol. The van der Waals surface area contributed by atoms with Gasteiger partial charge in [-0.2, -0.15) is 0 Å². The van der Waals surface area contributed by atoms with Gasteiger partial charge in [0.05, 0.1) is 9.92 Å². The van der Waals surface area contributed by atoms with Crippen LogP contribution in [-0.2, 0) is 0 Å². The summed E-state index contributed by atoms with van der Waals surface area (Å²) < 4.78 is 25.7. The fourth-order valence-electron chi connectivity index (χ4n) is 0.785. The first-order valence-electron chi connectivity index (χ1n) is 3.43. The quantitative estimate of drug-likeness (QED) is 0.527. The Morgan fingerprint density at radius 3 is 2.50 bits per heavy atom. The Morgan fingerprint density at radius 1 is 1.33 bits per heavy atom. The van der Waals surface area contributed by atoms with Crippen LogP contribution in [0.3, 0.4) is 0 Å². The minimum atomic E-state index is -0.575. The number of hydrogen-bond acceptors (Lipinski definition) is 1. The molecule has 0 unspecified atom stereocenters. The van der Waals surface area contributed by atoms with Gasteiger partial charge in [-0.3, -0.25) is 0 Å². The lowest BCUT2D eigenvalue weighted by Gasteiger charge is -2.03. The molecule has 0 spiro atoms. The van der Waals surface area contributed by atoms with Crippen LogP contribution < -0.4 is 0 Å². The SMILES string of the molecule is CCSc1c(F)ccc(F)c1Cl. The van der Waals surface area contributed by atoms with Gasteiger partial charge >= 0.3 is 0 Å². The Bertz CT molecular complexity index is 289. The van der Waals surface area contributed by atoms with Crippen LogP contribution in [0, 0.1) is 11.6 Å². The maximum Gasteiger partial charge on any atom is 0.143 e. The first-order chi connectivity index (χ1) is 5.66. The van der Waals surface area contributed by atoms with Crippen LogP contribution in [0.15, 0.2) is 17.0 Å². The molecule has 1 rings (SSSR count). The van der Waals surface area contributed by atoms with Crippen LogP contribution in [0.25, 0.3) is 0 Å². The van der Waals surface area contributed by atoms with Gasteiger partial charge in [-0.1, -0.05) is 18.5 Å². The minimum absolute atomic E-state index is 0.123. The van der Waals surface area contributed by atoms with Crippen molar-refractivity contribution in [1.82, 2.24) is 0 Å². The second kappa shape index (κ2) is 4.10. The Hall–Kier alpha value is -0.280. The lowest BCUT2D eigenvalue weighted by Crippen LogP contribution is -1.87. The predicted molar refractivity (Wildman–Crippen MR) is 47.8 cm³/mol. The molecule has 0 aliphatic heterocycles. The lowest BCUT2D eigenvalue weighted by atomic mass is 10.3. The fourth-order valence-corrected chi connectivity index (χ4v) is 1.82. The van der Waals surface area contributed by atoms with Crippen molar-refractivity contribution >= 4 is 23.4 Å². The molecular weight excluding hydrogens is 202 g/mol. The highest BCUT2D eigenvalue weighted by Crippen LogP contribution is 2.31. The first-order valence-corrected chi connectivity index (χ1v) is 4.79. The summed E-state index contributed by atoms with van der Waals surface area (Å²) in [6.07, 6.45) is 0. The summed E-state index contributed by atoms with van der Waals surface area (Å²) in [5, 5.41) is -0.123. The van der Waals surface area contributed by atoms with Crippen molar-refractivity contribution in [1.29, 1.82) is 0 Å². The Morgan fingerprint density at radius 2 is 1.92 bits per heavy atom. The Labute approximate surface area is 78.9 Å². The van der Waals surface area contributed by atoms with Crippen molar-refractivity contribution in [2.75, 3.05) is 5.75 Å². The molecule has 12 heavy (non-hydrogen) atoms. The lowest BCUT2D eigenvalue weighted by molar-refractivity contribution is 0.577. The minimum Gasteiger partial charge on any atom is -0.206 e. The summed E-state index contributed by atoms with van der Waals surface area (Å²) in [5.74, 6) is -0.373. The summed E-state index contributed by atoms with van der Waals surface area (Å²) >= 11 is 6.74. The van der Waals surface area contributed by atoms with E-state index in [-0.39, 0.29) is 9.92 Å². The third-order valence-electron chi connectivity index (χ3n) is 1.29. The van der Waals surface area contributed by atoms with E-state index in [1.165, 1.54) is 11.8 Å². The van der Waals surface area contributed by atoms with Crippen molar-refractivity contribution in [2.45, 2.75) is 11.8 Å². The fraction of sp³-hybridized carbons (Fsp3) is 0.250. The predicted octanol–water partition coefficient (Wildman–Crippen LogP) is 3.73. The van der Waals surface area contributed by atoms with E-state index in [0.29, 0.717) is 5.75 Å². The molecule has 0 bridgehead atoms. The molecule has 0 amide bonds. The van der Waals surface area contributed by atoms with Gasteiger partial charge in [-0.25, -0.2) is 8.78 Å². The molecule has 0 saturated carbocycles. The number of hydrogen-bond donors (Lipinski definition) is 0. The van der Waals surface area contributed by atoms with E-state index in [4.69, 9.17) is 11.6 Å². The Kier molecular flexibility index (Phi) is 3.35. The van der Waals surface area contributed by atoms with E-state index in [0.717, 1.165) is 12.1 Å². The molecule has 0 aliphatic carbocycles. The summed E-state index contributed by atoms with van der Waals surface area (Å²) in [6.45, 7) is 1.85. The van der Waals surface area contributed by atoms with E-state index in [9.17, 15) is 8.78 Å². The molecule has 0 N–H and O–H groups in total. The smallest absolute Gasteiger partial charge is 0.143 e. The first kappa shape index (κ1) is 9.81. The molecule has 0 fully saturated rings. The summed E-state index contributed by atoms with van der Waals surface area (Å²) in [5.41, 5.74) is 0. The van der Waals surface area contributed by atoms with Crippen molar-refractivity contribution in [2.24, 2.45) is 0 Å². The molecule has 1 aromatic carbocycles. The summed E-state index contributed by atoms with van der Waals surface area (Å²) in [6, 6.07) is 2.11. The summed E-state index contributed by atoms with van der Waals surface area (Å²) in [7, 11) is 0. The van der Waals surface area contributed by atoms with Gasteiger partial charge in [0.15, 0.2) is 0 Å². The Balaban J connectivity index is 3.14. The van der Waals surface area contributed by atoms with Gasteiger partial charge in [0.2, 0.25) is 0 Å². The number of rotatable bonds is 2. The average Bonchev–Trinajstić information content (AvgIpc) is 2.06. The molecule has 0 saturated heterocycles. The standard InChI is InChI=1S/C8H7ClF2S/c1-2-12-8-6(11)4-3-5(10)7(8)9/h3-4H,2H2,1H3.